The monoisotopic (exact) mass is 487 g/mol. The quantitative estimate of drug-likeness (QED) is 0.542. The number of hydrogen-bond acceptors (Lipinski definition) is 5. The number of anilines is 1. The fourth-order valence-corrected chi connectivity index (χ4v) is 5.65. The number of rotatable bonds is 7. The van der Waals surface area contributed by atoms with E-state index in [4.69, 9.17) is 0 Å². The Hall–Kier alpha value is -3.24. The van der Waals surface area contributed by atoms with Crippen LogP contribution in [0.5, 0.6) is 0 Å². The summed E-state index contributed by atoms with van der Waals surface area (Å²) in [5.41, 5.74) is 2.16. The van der Waals surface area contributed by atoms with Gasteiger partial charge in [-0.25, -0.2) is 12.8 Å². The number of hydrazone groups is 1. The molecule has 0 aliphatic carbocycles. The fraction of sp³-hybridized carbons (Fsp3) is 0.174. The van der Waals surface area contributed by atoms with Gasteiger partial charge in [0.1, 0.15) is 5.82 Å². The zero-order valence-electron chi connectivity index (χ0n) is 17.7. The maximum atomic E-state index is 13.8. The largest absolute Gasteiger partial charge is 0.284 e. The van der Waals surface area contributed by atoms with Crippen LogP contribution < -0.4 is 4.72 Å². The van der Waals surface area contributed by atoms with Gasteiger partial charge in [-0.2, -0.15) is 17.9 Å². The Bertz CT molecular complexity index is 1410. The van der Waals surface area contributed by atoms with Crippen molar-refractivity contribution >= 4 is 31.4 Å². The first-order valence-electron chi connectivity index (χ1n) is 10.2. The molecule has 0 fully saturated rings. The molecule has 0 aromatic heterocycles. The van der Waals surface area contributed by atoms with Crippen LogP contribution in [0.2, 0.25) is 0 Å². The third-order valence-electron chi connectivity index (χ3n) is 5.25. The van der Waals surface area contributed by atoms with Crippen molar-refractivity contribution in [2.24, 2.45) is 5.10 Å². The molecule has 172 valence electrons. The molecule has 33 heavy (non-hydrogen) atoms. The topological polar surface area (TPSA) is 95.9 Å². The van der Waals surface area contributed by atoms with Crippen molar-refractivity contribution in [1.29, 1.82) is 0 Å². The van der Waals surface area contributed by atoms with Crippen LogP contribution in [-0.4, -0.2) is 32.7 Å². The summed E-state index contributed by atoms with van der Waals surface area (Å²) in [5.74, 6) is -0.736. The van der Waals surface area contributed by atoms with E-state index < -0.39 is 31.9 Å². The predicted octanol–water partition coefficient (Wildman–Crippen LogP) is 4.13. The van der Waals surface area contributed by atoms with Crippen molar-refractivity contribution in [1.82, 2.24) is 4.41 Å². The Morgan fingerprint density at radius 1 is 0.970 bits per heavy atom. The lowest BCUT2D eigenvalue weighted by Gasteiger charge is -2.23. The molecule has 3 aromatic carbocycles. The summed E-state index contributed by atoms with van der Waals surface area (Å²) in [6, 6.07) is 19.9. The molecule has 3 aromatic rings. The molecule has 1 N–H and O–H groups in total. The molecule has 1 aliphatic heterocycles. The zero-order valence-corrected chi connectivity index (χ0v) is 19.4. The second-order valence-corrected chi connectivity index (χ2v) is 11.3. The summed E-state index contributed by atoms with van der Waals surface area (Å²) in [6.45, 7) is 1.53. The van der Waals surface area contributed by atoms with Crippen LogP contribution in [0.3, 0.4) is 0 Å². The number of hydrogen-bond donors (Lipinski definition) is 1. The SMILES string of the molecule is CCS(=O)(=O)Nc1cccc(C2=NN(S(=O)(=O)c3cccc(F)c3)[C@@H](c3ccccc3)C2)c1. The van der Waals surface area contributed by atoms with E-state index in [1.165, 1.54) is 25.1 Å². The number of sulfonamides is 2. The molecule has 0 unspecified atom stereocenters. The van der Waals surface area contributed by atoms with E-state index in [9.17, 15) is 21.2 Å². The minimum absolute atomic E-state index is 0.0755. The highest BCUT2D eigenvalue weighted by Gasteiger charge is 2.37. The smallest absolute Gasteiger partial charge is 0.279 e. The number of benzene rings is 3. The number of nitrogens with one attached hydrogen (secondary N) is 1. The van der Waals surface area contributed by atoms with Crippen LogP contribution in [0, 0.1) is 5.82 Å². The van der Waals surface area contributed by atoms with Gasteiger partial charge in [-0.1, -0.05) is 48.5 Å². The Balaban J connectivity index is 1.77. The third-order valence-corrected chi connectivity index (χ3v) is 8.23. The second-order valence-electron chi connectivity index (χ2n) is 7.50. The number of nitrogens with zero attached hydrogens (tertiary/aromatic N) is 2. The summed E-state index contributed by atoms with van der Waals surface area (Å²) in [6.07, 6.45) is 0.266. The minimum Gasteiger partial charge on any atom is -0.284 e. The van der Waals surface area contributed by atoms with E-state index >= 15 is 0 Å². The van der Waals surface area contributed by atoms with Gasteiger partial charge in [0, 0.05) is 12.1 Å². The Labute approximate surface area is 192 Å². The van der Waals surface area contributed by atoms with E-state index in [0.29, 0.717) is 17.0 Å². The van der Waals surface area contributed by atoms with Gasteiger partial charge in [0.2, 0.25) is 10.0 Å². The van der Waals surface area contributed by atoms with Gasteiger partial charge in [0.25, 0.3) is 10.0 Å². The molecule has 0 amide bonds. The molecule has 1 aliphatic rings. The van der Waals surface area contributed by atoms with E-state index in [1.807, 2.05) is 18.2 Å². The highest BCUT2D eigenvalue weighted by Crippen LogP contribution is 2.37. The van der Waals surface area contributed by atoms with Crippen LogP contribution in [0.25, 0.3) is 0 Å². The predicted molar refractivity (Wildman–Crippen MR) is 125 cm³/mol. The second kappa shape index (κ2) is 8.95. The van der Waals surface area contributed by atoms with Crippen molar-refractivity contribution in [3.8, 4) is 0 Å². The lowest BCUT2D eigenvalue weighted by molar-refractivity contribution is 0.371. The molecule has 10 heteroatoms. The Kier molecular flexibility index (Phi) is 6.22. The summed E-state index contributed by atoms with van der Waals surface area (Å²) in [4.78, 5) is -0.196. The van der Waals surface area contributed by atoms with Crippen LogP contribution in [-0.2, 0) is 20.0 Å². The summed E-state index contributed by atoms with van der Waals surface area (Å²) in [7, 11) is -7.62. The molecule has 1 atom stereocenters. The van der Waals surface area contributed by atoms with Crippen molar-refractivity contribution < 1.29 is 21.2 Å². The molecule has 7 nitrogen and oxygen atoms in total. The van der Waals surface area contributed by atoms with Crippen molar-refractivity contribution in [2.45, 2.75) is 24.3 Å². The van der Waals surface area contributed by atoms with E-state index in [-0.39, 0.29) is 17.1 Å². The first-order chi connectivity index (χ1) is 15.7. The molecule has 0 bridgehead atoms. The van der Waals surface area contributed by atoms with Gasteiger partial charge in [-0.05, 0) is 48.4 Å². The molecule has 1 heterocycles. The summed E-state index contributed by atoms with van der Waals surface area (Å²) in [5, 5.41) is 4.41. The minimum atomic E-state index is -4.15. The first-order valence-corrected chi connectivity index (χ1v) is 13.3. The normalized spacial score (nSPS) is 16.5. The molecule has 0 spiro atoms. The molecule has 4 rings (SSSR count). The van der Waals surface area contributed by atoms with E-state index in [2.05, 4.69) is 9.82 Å². The van der Waals surface area contributed by atoms with Gasteiger partial charge in [-0.15, -0.1) is 0 Å². The molecular formula is C23H22FN3O4S2. The molecule has 0 saturated heterocycles. The number of halogens is 1. The standard InChI is InChI=1S/C23H22FN3O4S2/c1-2-32(28,29)26-20-12-6-10-18(14-20)22-16-23(17-8-4-3-5-9-17)27(25-22)33(30,31)21-13-7-11-19(24)15-21/h3-15,23,26H,2,16H2,1H3/t23-/m1/s1. The van der Waals surface area contributed by atoms with Crippen molar-refractivity contribution in [2.75, 3.05) is 10.5 Å². The molecule has 0 radical (unpaired) electrons. The van der Waals surface area contributed by atoms with Crippen molar-refractivity contribution in [3.05, 3.63) is 95.8 Å². The average molecular weight is 488 g/mol. The Morgan fingerprint density at radius 3 is 2.39 bits per heavy atom. The van der Waals surface area contributed by atoms with Gasteiger partial charge < -0.3 is 0 Å². The van der Waals surface area contributed by atoms with Crippen LogP contribution in [0.15, 0.2) is 88.9 Å². The van der Waals surface area contributed by atoms with E-state index in [0.717, 1.165) is 16.0 Å². The maximum absolute atomic E-state index is 13.8. The highest BCUT2D eigenvalue weighted by atomic mass is 32.2. The lowest BCUT2D eigenvalue weighted by atomic mass is 9.99. The van der Waals surface area contributed by atoms with Gasteiger partial charge in [0.05, 0.1) is 22.4 Å². The lowest BCUT2D eigenvalue weighted by Crippen LogP contribution is -2.27. The van der Waals surface area contributed by atoms with Gasteiger partial charge in [-0.3, -0.25) is 4.72 Å². The molecule has 0 saturated carbocycles. The Morgan fingerprint density at radius 2 is 1.70 bits per heavy atom. The third kappa shape index (κ3) is 4.91. The first kappa shape index (κ1) is 22.9. The summed E-state index contributed by atoms with van der Waals surface area (Å²) < 4.78 is 68.0. The van der Waals surface area contributed by atoms with Gasteiger partial charge >= 0.3 is 0 Å². The zero-order chi connectivity index (χ0) is 23.6. The van der Waals surface area contributed by atoms with Gasteiger partial charge in [0.15, 0.2) is 0 Å². The fourth-order valence-electron chi connectivity index (χ4n) is 3.56. The van der Waals surface area contributed by atoms with Crippen LogP contribution in [0.4, 0.5) is 10.1 Å². The summed E-state index contributed by atoms with van der Waals surface area (Å²) >= 11 is 0. The van der Waals surface area contributed by atoms with E-state index in [1.54, 1.807) is 36.4 Å². The van der Waals surface area contributed by atoms with Crippen LogP contribution >= 0.6 is 0 Å². The average Bonchev–Trinajstić information content (AvgIpc) is 3.26. The maximum Gasteiger partial charge on any atom is 0.279 e. The molecular weight excluding hydrogens is 465 g/mol. The van der Waals surface area contributed by atoms with Crippen LogP contribution in [0.1, 0.15) is 30.5 Å². The van der Waals surface area contributed by atoms with Crippen molar-refractivity contribution in [3.63, 3.8) is 0 Å². The highest BCUT2D eigenvalue weighted by molar-refractivity contribution is 7.92.